The van der Waals surface area contributed by atoms with E-state index >= 15 is 0 Å². The number of allylic oxidation sites excluding steroid dienone is 2. The standard InChI is InChI=1S/C42H31NS2/c1-3-11-28(12-4-1)29-19-21-31(22-20-29)43(32-23-24-35-34-15-7-9-17-38(34)44-40(35)26-32)33-25-37(30-13-5-2-6-14-30)42-36-16-8-10-18-39(36)45-41(42)27-33/h1-8,11-16,19-27H,9-10,17-18H2. The van der Waals surface area contributed by atoms with E-state index in [2.05, 4.69) is 144 Å². The van der Waals surface area contributed by atoms with Crippen LogP contribution in [0.15, 0.2) is 127 Å². The van der Waals surface area contributed by atoms with Gasteiger partial charge in [-0.05, 0) is 95.5 Å². The van der Waals surface area contributed by atoms with Crippen molar-refractivity contribution in [2.45, 2.75) is 25.7 Å². The Bertz CT molecular complexity index is 2250. The molecule has 45 heavy (non-hydrogen) atoms. The lowest BCUT2D eigenvalue weighted by atomic mass is 9.94. The predicted octanol–water partition coefficient (Wildman–Crippen LogP) is 12.8. The van der Waals surface area contributed by atoms with Crippen LogP contribution in [0.3, 0.4) is 0 Å². The summed E-state index contributed by atoms with van der Waals surface area (Å²) in [4.78, 5) is 5.47. The quantitative estimate of drug-likeness (QED) is 0.187. The maximum absolute atomic E-state index is 2.46. The van der Waals surface area contributed by atoms with E-state index in [1.165, 1.54) is 74.7 Å². The second-order valence-corrected chi connectivity index (χ2v) is 14.2. The summed E-state index contributed by atoms with van der Waals surface area (Å²) >= 11 is 3.93. The molecular weight excluding hydrogens is 583 g/mol. The van der Waals surface area contributed by atoms with Crippen molar-refractivity contribution in [3.63, 3.8) is 0 Å². The van der Waals surface area contributed by atoms with Crippen LogP contribution in [0.25, 0.3) is 54.6 Å². The van der Waals surface area contributed by atoms with Gasteiger partial charge < -0.3 is 4.90 Å². The smallest absolute Gasteiger partial charge is 0.0482 e. The highest BCUT2D eigenvalue weighted by molar-refractivity contribution is 7.19. The van der Waals surface area contributed by atoms with Crippen LogP contribution in [0.2, 0.25) is 0 Å². The van der Waals surface area contributed by atoms with Crippen molar-refractivity contribution in [3.05, 3.63) is 148 Å². The Kier molecular flexibility index (Phi) is 6.54. The number of thiophene rings is 2. The lowest BCUT2D eigenvalue weighted by Gasteiger charge is -2.27. The molecule has 0 saturated carbocycles. The maximum Gasteiger partial charge on any atom is 0.0482 e. The first-order valence-electron chi connectivity index (χ1n) is 15.8. The Labute approximate surface area is 272 Å². The van der Waals surface area contributed by atoms with Gasteiger partial charge in [0, 0.05) is 47.0 Å². The molecule has 0 aliphatic heterocycles. The molecule has 2 aromatic heterocycles. The van der Waals surface area contributed by atoms with Gasteiger partial charge in [0.2, 0.25) is 0 Å². The highest BCUT2D eigenvalue weighted by Gasteiger charge is 2.22. The van der Waals surface area contributed by atoms with Crippen LogP contribution >= 0.6 is 22.7 Å². The summed E-state index contributed by atoms with van der Waals surface area (Å²) in [5.74, 6) is 0. The molecule has 2 aliphatic carbocycles. The molecule has 2 heterocycles. The zero-order chi connectivity index (χ0) is 29.7. The number of nitrogens with zero attached hydrogens (tertiary/aromatic N) is 1. The molecule has 0 radical (unpaired) electrons. The summed E-state index contributed by atoms with van der Waals surface area (Å²) < 4.78 is 2.71. The van der Waals surface area contributed by atoms with Gasteiger partial charge in [-0.15, -0.1) is 22.7 Å². The molecule has 5 aromatic carbocycles. The molecule has 0 spiro atoms. The van der Waals surface area contributed by atoms with Gasteiger partial charge in [-0.2, -0.15) is 0 Å². The molecule has 2 aliphatic rings. The Morgan fingerprint density at radius 3 is 1.84 bits per heavy atom. The third kappa shape index (κ3) is 4.66. The van der Waals surface area contributed by atoms with Gasteiger partial charge in [0.05, 0.1) is 0 Å². The van der Waals surface area contributed by atoms with Crippen LogP contribution in [0.1, 0.15) is 33.7 Å². The number of hydrogen-bond donors (Lipinski definition) is 0. The average molecular weight is 614 g/mol. The Balaban J connectivity index is 1.27. The fourth-order valence-corrected chi connectivity index (χ4v) is 9.51. The molecular formula is C42H31NS2. The monoisotopic (exact) mass is 613 g/mol. The number of hydrogen-bond acceptors (Lipinski definition) is 3. The fourth-order valence-electron chi connectivity index (χ4n) is 7.00. The second kappa shape index (κ2) is 11.0. The summed E-state index contributed by atoms with van der Waals surface area (Å²) in [6.07, 6.45) is 13.8. The molecule has 0 atom stereocenters. The van der Waals surface area contributed by atoms with Gasteiger partial charge in [-0.3, -0.25) is 0 Å². The van der Waals surface area contributed by atoms with E-state index in [9.17, 15) is 0 Å². The van der Waals surface area contributed by atoms with Crippen molar-refractivity contribution in [2.75, 3.05) is 4.90 Å². The summed E-state index contributed by atoms with van der Waals surface area (Å²) in [5.41, 5.74) is 11.4. The van der Waals surface area contributed by atoms with Gasteiger partial charge in [0.15, 0.2) is 0 Å². The average Bonchev–Trinajstić information content (AvgIpc) is 3.67. The molecule has 0 fully saturated rings. The van der Waals surface area contributed by atoms with E-state index in [4.69, 9.17) is 0 Å². The van der Waals surface area contributed by atoms with Crippen molar-refractivity contribution in [1.29, 1.82) is 0 Å². The highest BCUT2D eigenvalue weighted by Crippen LogP contribution is 2.47. The molecule has 0 unspecified atom stereocenters. The highest BCUT2D eigenvalue weighted by atomic mass is 32.1. The van der Waals surface area contributed by atoms with Crippen molar-refractivity contribution >= 4 is 72.1 Å². The first-order chi connectivity index (χ1) is 22.3. The van der Waals surface area contributed by atoms with Crippen LogP contribution in [0.5, 0.6) is 0 Å². The van der Waals surface area contributed by atoms with Gasteiger partial charge in [-0.25, -0.2) is 0 Å². The number of aryl methyl sites for hydroxylation is 2. The largest absolute Gasteiger partial charge is 0.310 e. The summed E-state index contributed by atoms with van der Waals surface area (Å²) in [6, 6.07) is 42.6. The van der Waals surface area contributed by atoms with Crippen LogP contribution < -0.4 is 4.90 Å². The van der Waals surface area contributed by atoms with E-state index in [1.54, 1.807) is 0 Å². The van der Waals surface area contributed by atoms with Crippen LogP contribution in [0, 0.1) is 0 Å². The van der Waals surface area contributed by atoms with Crippen molar-refractivity contribution in [3.8, 4) is 22.3 Å². The zero-order valence-corrected chi connectivity index (χ0v) is 26.5. The molecule has 1 nitrogen and oxygen atoms in total. The second-order valence-electron chi connectivity index (χ2n) is 11.9. The van der Waals surface area contributed by atoms with Crippen molar-refractivity contribution in [1.82, 2.24) is 0 Å². The van der Waals surface area contributed by atoms with Crippen LogP contribution in [0.4, 0.5) is 17.1 Å². The number of fused-ring (bicyclic) bond motifs is 6. The number of benzene rings is 5. The minimum atomic E-state index is 1.12. The topological polar surface area (TPSA) is 3.24 Å². The summed E-state index contributed by atoms with van der Waals surface area (Å²) in [7, 11) is 0. The lowest BCUT2D eigenvalue weighted by Crippen LogP contribution is -2.10. The lowest BCUT2D eigenvalue weighted by molar-refractivity contribution is 1.02. The summed E-state index contributed by atoms with van der Waals surface area (Å²) in [6.45, 7) is 0. The minimum Gasteiger partial charge on any atom is -0.310 e. The van der Waals surface area contributed by atoms with Crippen molar-refractivity contribution < 1.29 is 0 Å². The third-order valence-electron chi connectivity index (χ3n) is 9.16. The van der Waals surface area contributed by atoms with Crippen LogP contribution in [-0.2, 0) is 12.8 Å². The molecule has 0 bridgehead atoms. The zero-order valence-electron chi connectivity index (χ0n) is 24.9. The van der Waals surface area contributed by atoms with Gasteiger partial charge >= 0.3 is 0 Å². The van der Waals surface area contributed by atoms with Gasteiger partial charge in [0.25, 0.3) is 0 Å². The fraction of sp³-hybridized carbons (Fsp3) is 0.0952. The van der Waals surface area contributed by atoms with E-state index in [0.717, 1.165) is 31.4 Å². The molecule has 216 valence electrons. The van der Waals surface area contributed by atoms with E-state index in [0.29, 0.717) is 0 Å². The molecule has 0 amide bonds. The molecule has 3 heteroatoms. The van der Waals surface area contributed by atoms with E-state index in [-0.39, 0.29) is 0 Å². The SMILES string of the molecule is C1=Cc2c(sc3cc(N(c4ccc(-c5ccccc5)cc4)c4cc(-c5ccccc5)c5c6c(sc5c4)CCC=C6)ccc23)CC1. The third-order valence-corrected chi connectivity index (χ3v) is 11.6. The first kappa shape index (κ1) is 26.7. The molecule has 9 rings (SSSR count). The van der Waals surface area contributed by atoms with E-state index < -0.39 is 0 Å². The van der Waals surface area contributed by atoms with Gasteiger partial charge in [0.1, 0.15) is 0 Å². The molecule has 0 N–H and O–H groups in total. The number of rotatable bonds is 5. The molecule has 0 saturated heterocycles. The molecule has 7 aromatic rings. The first-order valence-corrected chi connectivity index (χ1v) is 17.4. The Morgan fingerprint density at radius 2 is 1.09 bits per heavy atom. The van der Waals surface area contributed by atoms with Gasteiger partial charge in [-0.1, -0.05) is 103 Å². The Morgan fingerprint density at radius 1 is 0.489 bits per heavy atom. The minimum absolute atomic E-state index is 1.12. The Hall–Kier alpha value is -4.70. The predicted molar refractivity (Wildman–Crippen MR) is 197 cm³/mol. The summed E-state index contributed by atoms with van der Waals surface area (Å²) in [5, 5.41) is 2.75. The van der Waals surface area contributed by atoms with Crippen molar-refractivity contribution in [2.24, 2.45) is 0 Å². The van der Waals surface area contributed by atoms with Crippen LogP contribution in [-0.4, -0.2) is 0 Å². The maximum atomic E-state index is 2.46. The van der Waals surface area contributed by atoms with E-state index in [1.807, 2.05) is 22.7 Å². The normalized spacial score (nSPS) is 13.7. The number of anilines is 3.